The van der Waals surface area contributed by atoms with Crippen LogP contribution in [-0.2, 0) is 0 Å². The van der Waals surface area contributed by atoms with E-state index in [4.69, 9.17) is 4.98 Å². The first-order valence-electron chi connectivity index (χ1n) is 15.0. The third kappa shape index (κ3) is 3.80. The summed E-state index contributed by atoms with van der Waals surface area (Å²) in [6.07, 6.45) is 0. The molecule has 0 bridgehead atoms. The number of hydrogen-bond acceptors (Lipinski definition) is 1. The standard InChI is InChI=1S/C41H27N3/c1-5-16-38-32(10-1)33-11-2-6-17-39(33)43(38)30-24-20-28(21-25-30)36-14-9-15-37(42-36)29-22-26-31(27-23-29)44-40-18-7-3-12-34(40)35-13-4-8-19-41(35)44/h1-27H. The molecule has 0 aliphatic carbocycles. The monoisotopic (exact) mass is 561 g/mol. The molecule has 6 aromatic carbocycles. The Labute approximate surface area is 254 Å². The van der Waals surface area contributed by atoms with Gasteiger partial charge < -0.3 is 9.13 Å². The van der Waals surface area contributed by atoms with Gasteiger partial charge >= 0.3 is 0 Å². The molecule has 0 spiro atoms. The summed E-state index contributed by atoms with van der Waals surface area (Å²) in [5.74, 6) is 0. The molecule has 3 nitrogen and oxygen atoms in total. The number of aromatic nitrogens is 3. The molecule has 9 rings (SSSR count). The van der Waals surface area contributed by atoms with Crippen LogP contribution in [0.15, 0.2) is 164 Å². The van der Waals surface area contributed by atoms with Crippen LogP contribution in [0.2, 0.25) is 0 Å². The van der Waals surface area contributed by atoms with E-state index in [1.807, 2.05) is 0 Å². The lowest BCUT2D eigenvalue weighted by molar-refractivity contribution is 1.18. The minimum absolute atomic E-state index is 0.961. The van der Waals surface area contributed by atoms with Crippen LogP contribution in [0.1, 0.15) is 0 Å². The van der Waals surface area contributed by atoms with Crippen LogP contribution in [0.5, 0.6) is 0 Å². The zero-order valence-electron chi connectivity index (χ0n) is 23.9. The third-order valence-electron chi connectivity index (χ3n) is 8.75. The number of rotatable bonds is 4. The molecular formula is C41H27N3. The summed E-state index contributed by atoms with van der Waals surface area (Å²) in [7, 11) is 0. The highest BCUT2D eigenvalue weighted by Gasteiger charge is 2.13. The summed E-state index contributed by atoms with van der Waals surface area (Å²) in [4.78, 5) is 5.08. The van der Waals surface area contributed by atoms with Crippen LogP contribution < -0.4 is 0 Å². The minimum atomic E-state index is 0.961. The number of pyridine rings is 1. The molecule has 0 N–H and O–H groups in total. The summed E-state index contributed by atoms with van der Waals surface area (Å²) in [6.45, 7) is 0. The van der Waals surface area contributed by atoms with Crippen molar-refractivity contribution in [2.75, 3.05) is 0 Å². The molecule has 3 aromatic heterocycles. The fourth-order valence-electron chi connectivity index (χ4n) is 6.72. The largest absolute Gasteiger partial charge is 0.309 e. The van der Waals surface area contributed by atoms with Gasteiger partial charge in [-0.15, -0.1) is 0 Å². The molecule has 0 radical (unpaired) electrons. The predicted molar refractivity (Wildman–Crippen MR) is 184 cm³/mol. The second-order valence-electron chi connectivity index (χ2n) is 11.2. The summed E-state index contributed by atoms with van der Waals surface area (Å²) >= 11 is 0. The Morgan fingerprint density at radius 1 is 0.295 bits per heavy atom. The molecule has 44 heavy (non-hydrogen) atoms. The van der Waals surface area contributed by atoms with E-state index < -0.39 is 0 Å². The maximum atomic E-state index is 5.08. The summed E-state index contributed by atoms with van der Waals surface area (Å²) in [5, 5.41) is 5.08. The van der Waals surface area contributed by atoms with Gasteiger partial charge in [0.15, 0.2) is 0 Å². The van der Waals surface area contributed by atoms with Gasteiger partial charge in [0.25, 0.3) is 0 Å². The fourth-order valence-corrected chi connectivity index (χ4v) is 6.72. The van der Waals surface area contributed by atoms with Gasteiger partial charge in [-0.3, -0.25) is 0 Å². The van der Waals surface area contributed by atoms with Crippen LogP contribution in [0.3, 0.4) is 0 Å². The summed E-state index contributed by atoms with van der Waals surface area (Å²) in [6, 6.07) is 58.2. The first-order chi connectivity index (χ1) is 21.8. The van der Waals surface area contributed by atoms with Crippen LogP contribution in [-0.4, -0.2) is 14.1 Å². The van der Waals surface area contributed by atoms with Gasteiger partial charge in [0.1, 0.15) is 0 Å². The van der Waals surface area contributed by atoms with E-state index in [0.717, 1.165) is 33.9 Å². The summed E-state index contributed by atoms with van der Waals surface area (Å²) < 4.78 is 4.69. The first kappa shape index (κ1) is 24.6. The predicted octanol–water partition coefficient (Wildman–Crippen LogP) is 10.6. The fraction of sp³-hybridized carbons (Fsp3) is 0. The van der Waals surface area contributed by atoms with Crippen LogP contribution in [0.4, 0.5) is 0 Å². The van der Waals surface area contributed by atoms with E-state index in [2.05, 4.69) is 173 Å². The highest BCUT2D eigenvalue weighted by Crippen LogP contribution is 2.34. The van der Waals surface area contributed by atoms with Gasteiger partial charge in [-0.25, -0.2) is 4.98 Å². The molecule has 3 heteroatoms. The SMILES string of the molecule is c1cc(-c2ccc(-n3c4ccccc4c4ccccc43)cc2)nc(-c2ccc(-n3c4ccccc4c4ccccc43)cc2)c1. The Kier molecular flexibility index (Phi) is 5.50. The Morgan fingerprint density at radius 2 is 0.614 bits per heavy atom. The summed E-state index contributed by atoms with van der Waals surface area (Å²) in [5.41, 5.74) is 11.3. The third-order valence-corrected chi connectivity index (χ3v) is 8.75. The van der Waals surface area contributed by atoms with E-state index in [1.54, 1.807) is 0 Å². The van der Waals surface area contributed by atoms with Crippen molar-refractivity contribution < 1.29 is 0 Å². The molecule has 0 fully saturated rings. The van der Waals surface area contributed by atoms with E-state index in [0.29, 0.717) is 0 Å². The molecule has 0 amide bonds. The number of para-hydroxylation sites is 4. The average molecular weight is 562 g/mol. The Balaban J connectivity index is 1.06. The van der Waals surface area contributed by atoms with E-state index in [-0.39, 0.29) is 0 Å². The number of benzene rings is 6. The molecule has 0 aliphatic rings. The van der Waals surface area contributed by atoms with Gasteiger partial charge in [0.05, 0.1) is 33.5 Å². The van der Waals surface area contributed by atoms with Crippen LogP contribution in [0, 0.1) is 0 Å². The topological polar surface area (TPSA) is 22.8 Å². The zero-order chi connectivity index (χ0) is 29.0. The van der Waals surface area contributed by atoms with Crippen molar-refractivity contribution in [3.05, 3.63) is 164 Å². The molecule has 0 saturated heterocycles. The lowest BCUT2D eigenvalue weighted by Gasteiger charge is -2.11. The van der Waals surface area contributed by atoms with E-state index in [9.17, 15) is 0 Å². The Morgan fingerprint density at radius 3 is 0.955 bits per heavy atom. The average Bonchev–Trinajstić information content (AvgIpc) is 3.62. The number of fused-ring (bicyclic) bond motifs is 6. The Bertz CT molecular complexity index is 2200. The van der Waals surface area contributed by atoms with Crippen molar-refractivity contribution in [2.45, 2.75) is 0 Å². The highest BCUT2D eigenvalue weighted by atomic mass is 15.0. The highest BCUT2D eigenvalue weighted by molar-refractivity contribution is 6.10. The minimum Gasteiger partial charge on any atom is -0.309 e. The second kappa shape index (κ2) is 9.82. The van der Waals surface area contributed by atoms with E-state index in [1.165, 1.54) is 43.6 Å². The lowest BCUT2D eigenvalue weighted by atomic mass is 10.1. The molecular weight excluding hydrogens is 534 g/mol. The number of hydrogen-bond donors (Lipinski definition) is 0. The molecule has 0 atom stereocenters. The van der Waals surface area contributed by atoms with Gasteiger partial charge in [-0.05, 0) is 60.7 Å². The van der Waals surface area contributed by atoms with Gasteiger partial charge in [0.2, 0.25) is 0 Å². The number of nitrogens with zero attached hydrogens (tertiary/aromatic N) is 3. The quantitative estimate of drug-likeness (QED) is 0.210. The van der Waals surface area contributed by atoms with Crippen LogP contribution >= 0.6 is 0 Å². The van der Waals surface area contributed by atoms with Crippen molar-refractivity contribution in [3.63, 3.8) is 0 Å². The van der Waals surface area contributed by atoms with Gasteiger partial charge in [0, 0.05) is 44.0 Å². The molecule has 206 valence electrons. The van der Waals surface area contributed by atoms with Crippen molar-refractivity contribution in [2.24, 2.45) is 0 Å². The van der Waals surface area contributed by atoms with Gasteiger partial charge in [-0.2, -0.15) is 0 Å². The molecule has 9 aromatic rings. The molecule has 0 aliphatic heterocycles. The lowest BCUT2D eigenvalue weighted by Crippen LogP contribution is -1.95. The molecule has 0 unspecified atom stereocenters. The van der Waals surface area contributed by atoms with Crippen LogP contribution in [0.25, 0.3) is 77.5 Å². The van der Waals surface area contributed by atoms with Crippen molar-refractivity contribution in [3.8, 4) is 33.9 Å². The molecule has 0 saturated carbocycles. The Hall–Kier alpha value is -5.93. The molecule has 3 heterocycles. The smallest absolute Gasteiger partial charge is 0.0709 e. The van der Waals surface area contributed by atoms with E-state index >= 15 is 0 Å². The van der Waals surface area contributed by atoms with Crippen molar-refractivity contribution >= 4 is 43.6 Å². The maximum Gasteiger partial charge on any atom is 0.0709 e. The maximum absolute atomic E-state index is 5.08. The second-order valence-corrected chi connectivity index (χ2v) is 11.2. The van der Waals surface area contributed by atoms with Crippen molar-refractivity contribution in [1.29, 1.82) is 0 Å². The normalized spacial score (nSPS) is 11.6. The van der Waals surface area contributed by atoms with Gasteiger partial charge in [-0.1, -0.05) is 103 Å². The van der Waals surface area contributed by atoms with Crippen molar-refractivity contribution in [1.82, 2.24) is 14.1 Å². The zero-order valence-corrected chi connectivity index (χ0v) is 23.9. The first-order valence-corrected chi connectivity index (χ1v) is 15.0.